The molecule has 1 aromatic rings. The second kappa shape index (κ2) is 4.79. The predicted octanol–water partition coefficient (Wildman–Crippen LogP) is 0.907. The summed E-state index contributed by atoms with van der Waals surface area (Å²) in [5.41, 5.74) is 0. The molecule has 1 aromatic heterocycles. The number of piperidine rings is 1. The number of nitrogens with zero attached hydrogens (tertiary/aromatic N) is 3. The number of nitrogens with one attached hydrogen (secondary N) is 1. The van der Waals surface area contributed by atoms with E-state index in [1.165, 1.54) is 31.7 Å². The van der Waals surface area contributed by atoms with Crippen LogP contribution in [0.1, 0.15) is 12.8 Å². The lowest BCUT2D eigenvalue weighted by molar-refractivity contribution is 0.407. The lowest BCUT2D eigenvalue weighted by atomic mass is 10.0. The first-order valence-corrected chi connectivity index (χ1v) is 6.02. The van der Waals surface area contributed by atoms with E-state index in [0.717, 1.165) is 11.1 Å². The van der Waals surface area contributed by atoms with Gasteiger partial charge in [-0.3, -0.25) is 0 Å². The van der Waals surface area contributed by atoms with Crippen molar-refractivity contribution in [1.82, 2.24) is 20.1 Å². The summed E-state index contributed by atoms with van der Waals surface area (Å²) in [6, 6.07) is 0. The van der Waals surface area contributed by atoms with E-state index in [9.17, 15) is 0 Å². The highest BCUT2D eigenvalue weighted by atomic mass is 32.2. The molecule has 1 saturated heterocycles. The fourth-order valence-corrected chi connectivity index (χ4v) is 2.72. The van der Waals surface area contributed by atoms with Crippen molar-refractivity contribution in [2.75, 3.05) is 18.8 Å². The van der Waals surface area contributed by atoms with E-state index in [4.69, 9.17) is 0 Å². The molecule has 0 aliphatic carbocycles. The summed E-state index contributed by atoms with van der Waals surface area (Å²) >= 11 is 1.82. The summed E-state index contributed by atoms with van der Waals surface area (Å²) in [4.78, 5) is 0. The van der Waals surface area contributed by atoms with Crippen molar-refractivity contribution in [3.05, 3.63) is 6.33 Å². The maximum Gasteiger partial charge on any atom is 0.190 e. The van der Waals surface area contributed by atoms with Crippen LogP contribution in [-0.4, -0.2) is 33.6 Å². The van der Waals surface area contributed by atoms with Crippen molar-refractivity contribution >= 4 is 11.8 Å². The molecule has 14 heavy (non-hydrogen) atoms. The SMILES string of the molecule is Cn1cnnc1SCC1CCNCC1. The van der Waals surface area contributed by atoms with E-state index in [1.807, 2.05) is 23.4 Å². The number of hydrogen-bond acceptors (Lipinski definition) is 4. The molecule has 2 heterocycles. The van der Waals surface area contributed by atoms with Crippen LogP contribution in [0.3, 0.4) is 0 Å². The van der Waals surface area contributed by atoms with Gasteiger partial charge in [0.15, 0.2) is 5.16 Å². The first kappa shape index (κ1) is 9.98. The van der Waals surface area contributed by atoms with Crippen LogP contribution in [0.25, 0.3) is 0 Å². The van der Waals surface area contributed by atoms with Crippen LogP contribution in [0.4, 0.5) is 0 Å². The highest BCUT2D eigenvalue weighted by molar-refractivity contribution is 7.99. The molecule has 0 spiro atoms. The van der Waals surface area contributed by atoms with Gasteiger partial charge in [-0.05, 0) is 31.8 Å². The van der Waals surface area contributed by atoms with E-state index in [-0.39, 0.29) is 0 Å². The Balaban J connectivity index is 1.79. The molecule has 1 aliphatic rings. The average Bonchev–Trinajstić information content (AvgIpc) is 2.63. The zero-order chi connectivity index (χ0) is 9.80. The van der Waals surface area contributed by atoms with E-state index in [0.29, 0.717) is 0 Å². The number of thioether (sulfide) groups is 1. The third-order valence-corrected chi connectivity index (χ3v) is 3.84. The van der Waals surface area contributed by atoms with Gasteiger partial charge < -0.3 is 9.88 Å². The van der Waals surface area contributed by atoms with Gasteiger partial charge in [0, 0.05) is 12.8 Å². The van der Waals surface area contributed by atoms with Crippen molar-refractivity contribution in [3.8, 4) is 0 Å². The molecule has 0 radical (unpaired) electrons. The second-order valence-electron chi connectivity index (χ2n) is 3.73. The van der Waals surface area contributed by atoms with Crippen LogP contribution < -0.4 is 5.32 Å². The van der Waals surface area contributed by atoms with Crippen LogP contribution in [0, 0.1) is 5.92 Å². The van der Waals surface area contributed by atoms with Crippen molar-refractivity contribution in [2.24, 2.45) is 13.0 Å². The molecule has 1 N–H and O–H groups in total. The molecule has 78 valence electrons. The van der Waals surface area contributed by atoms with Gasteiger partial charge >= 0.3 is 0 Å². The summed E-state index contributed by atoms with van der Waals surface area (Å²) in [5.74, 6) is 2.02. The van der Waals surface area contributed by atoms with Crippen LogP contribution >= 0.6 is 11.8 Å². The average molecular weight is 212 g/mol. The minimum absolute atomic E-state index is 0.845. The molecule has 0 bridgehead atoms. The van der Waals surface area contributed by atoms with Gasteiger partial charge in [0.05, 0.1) is 0 Å². The fourth-order valence-electron chi connectivity index (χ4n) is 1.64. The molecule has 0 aromatic carbocycles. The number of aryl methyl sites for hydroxylation is 1. The Hall–Kier alpha value is -0.550. The first-order valence-electron chi connectivity index (χ1n) is 5.04. The Morgan fingerprint density at radius 1 is 1.57 bits per heavy atom. The standard InChI is InChI=1S/C9H16N4S/c1-13-7-11-12-9(13)14-6-8-2-4-10-5-3-8/h7-8,10H,2-6H2,1H3. The molecule has 4 nitrogen and oxygen atoms in total. The Labute approximate surface area is 88.5 Å². The minimum Gasteiger partial charge on any atom is -0.317 e. The highest BCUT2D eigenvalue weighted by Crippen LogP contribution is 2.22. The van der Waals surface area contributed by atoms with Crippen molar-refractivity contribution in [1.29, 1.82) is 0 Å². The lowest BCUT2D eigenvalue weighted by Crippen LogP contribution is -2.28. The normalized spacial score (nSPS) is 18.6. The number of rotatable bonds is 3. The monoisotopic (exact) mass is 212 g/mol. The molecule has 0 saturated carbocycles. The minimum atomic E-state index is 0.845. The largest absolute Gasteiger partial charge is 0.317 e. The van der Waals surface area contributed by atoms with Crippen molar-refractivity contribution in [2.45, 2.75) is 18.0 Å². The molecule has 0 amide bonds. The summed E-state index contributed by atoms with van der Waals surface area (Å²) in [7, 11) is 1.99. The van der Waals surface area contributed by atoms with Gasteiger partial charge in [0.25, 0.3) is 0 Å². The molecule has 0 atom stereocenters. The van der Waals surface area contributed by atoms with Gasteiger partial charge in [0.1, 0.15) is 6.33 Å². The van der Waals surface area contributed by atoms with E-state index in [2.05, 4.69) is 15.5 Å². The lowest BCUT2D eigenvalue weighted by Gasteiger charge is -2.21. The molecular weight excluding hydrogens is 196 g/mol. The maximum absolute atomic E-state index is 4.06. The van der Waals surface area contributed by atoms with Gasteiger partial charge in [-0.2, -0.15) is 0 Å². The molecule has 1 aliphatic heterocycles. The zero-order valence-electron chi connectivity index (χ0n) is 8.44. The topological polar surface area (TPSA) is 42.7 Å². The Morgan fingerprint density at radius 3 is 3.00 bits per heavy atom. The molecular formula is C9H16N4S. The Morgan fingerprint density at radius 2 is 2.36 bits per heavy atom. The zero-order valence-corrected chi connectivity index (χ0v) is 9.26. The van der Waals surface area contributed by atoms with Gasteiger partial charge in [-0.25, -0.2) is 0 Å². The van der Waals surface area contributed by atoms with E-state index < -0.39 is 0 Å². The molecule has 2 rings (SSSR count). The summed E-state index contributed by atoms with van der Waals surface area (Å²) < 4.78 is 1.98. The van der Waals surface area contributed by atoms with E-state index in [1.54, 1.807) is 6.33 Å². The Bertz CT molecular complexity index is 280. The summed E-state index contributed by atoms with van der Waals surface area (Å²) in [6.07, 6.45) is 4.35. The third-order valence-electron chi connectivity index (χ3n) is 2.58. The van der Waals surface area contributed by atoms with Gasteiger partial charge in [-0.1, -0.05) is 11.8 Å². The number of hydrogen-bond donors (Lipinski definition) is 1. The van der Waals surface area contributed by atoms with E-state index >= 15 is 0 Å². The van der Waals surface area contributed by atoms with Crippen LogP contribution in [-0.2, 0) is 7.05 Å². The predicted molar refractivity (Wildman–Crippen MR) is 57.3 cm³/mol. The summed E-state index contributed by atoms with van der Waals surface area (Å²) in [6.45, 7) is 2.34. The van der Waals surface area contributed by atoms with Crippen LogP contribution in [0.5, 0.6) is 0 Å². The maximum atomic E-state index is 4.06. The van der Waals surface area contributed by atoms with Gasteiger partial charge in [-0.15, -0.1) is 10.2 Å². The highest BCUT2D eigenvalue weighted by Gasteiger charge is 2.14. The van der Waals surface area contributed by atoms with Crippen molar-refractivity contribution in [3.63, 3.8) is 0 Å². The van der Waals surface area contributed by atoms with Crippen LogP contribution in [0.2, 0.25) is 0 Å². The number of aromatic nitrogens is 3. The second-order valence-corrected chi connectivity index (χ2v) is 4.72. The van der Waals surface area contributed by atoms with Crippen LogP contribution in [0.15, 0.2) is 11.5 Å². The smallest absolute Gasteiger partial charge is 0.190 e. The molecule has 0 unspecified atom stereocenters. The molecule has 5 heteroatoms. The fraction of sp³-hybridized carbons (Fsp3) is 0.778. The third kappa shape index (κ3) is 2.48. The first-order chi connectivity index (χ1) is 6.86. The molecule has 1 fully saturated rings. The van der Waals surface area contributed by atoms with Crippen molar-refractivity contribution < 1.29 is 0 Å². The van der Waals surface area contributed by atoms with Gasteiger partial charge in [0.2, 0.25) is 0 Å². The summed E-state index contributed by atoms with van der Waals surface area (Å²) in [5, 5.41) is 12.3. The Kier molecular flexibility index (Phi) is 3.42. The quantitative estimate of drug-likeness (QED) is 0.756.